The third-order valence-corrected chi connectivity index (χ3v) is 8.48. The van der Waals surface area contributed by atoms with E-state index in [1.54, 1.807) is 18.3 Å². The molecule has 14 nitrogen and oxygen atoms in total. The Bertz CT molecular complexity index is 1480. The summed E-state index contributed by atoms with van der Waals surface area (Å²) in [6.07, 6.45) is 3.22. The molecule has 49 heavy (non-hydrogen) atoms. The number of nitrogens with two attached hydrogens (primary N) is 2. The highest BCUT2D eigenvalue weighted by atomic mass is 32.1. The number of hydrogen-bond donors (Lipinski definition) is 4. The molecule has 0 unspecified atom stereocenters. The van der Waals surface area contributed by atoms with E-state index in [4.69, 9.17) is 20.9 Å². The van der Waals surface area contributed by atoms with Crippen molar-refractivity contribution in [1.29, 1.82) is 0 Å². The molecule has 3 aromatic rings. The first-order valence-corrected chi connectivity index (χ1v) is 16.9. The van der Waals surface area contributed by atoms with Crippen molar-refractivity contribution in [3.05, 3.63) is 76.2 Å². The van der Waals surface area contributed by atoms with Gasteiger partial charge in [0.25, 0.3) is 0 Å². The van der Waals surface area contributed by atoms with E-state index in [-0.39, 0.29) is 45.8 Å². The largest absolute Gasteiger partial charge is 0.493 e. The van der Waals surface area contributed by atoms with Crippen molar-refractivity contribution < 1.29 is 33.8 Å². The van der Waals surface area contributed by atoms with Crippen molar-refractivity contribution in [2.24, 2.45) is 11.5 Å². The van der Waals surface area contributed by atoms with E-state index in [0.29, 0.717) is 37.3 Å². The van der Waals surface area contributed by atoms with Crippen LogP contribution in [0.15, 0.2) is 60.1 Å². The van der Waals surface area contributed by atoms with E-state index >= 15 is 0 Å². The first kappa shape index (κ1) is 38.9. The summed E-state index contributed by atoms with van der Waals surface area (Å²) in [5, 5.41) is 15.8. The lowest BCUT2D eigenvalue weighted by Crippen LogP contribution is -2.53. The highest BCUT2D eigenvalue weighted by molar-refractivity contribution is 7.09. The van der Waals surface area contributed by atoms with Gasteiger partial charge in [0, 0.05) is 37.8 Å². The summed E-state index contributed by atoms with van der Waals surface area (Å²) in [7, 11) is 3.07. The van der Waals surface area contributed by atoms with Crippen LogP contribution in [-0.2, 0) is 38.7 Å². The second-order valence-electron chi connectivity index (χ2n) is 11.3. The molecule has 15 heteroatoms. The summed E-state index contributed by atoms with van der Waals surface area (Å²) >= 11 is 1.41. The van der Waals surface area contributed by atoms with Gasteiger partial charge in [-0.25, -0.2) is 4.98 Å². The van der Waals surface area contributed by atoms with Gasteiger partial charge in [0.05, 0.1) is 33.9 Å². The predicted molar refractivity (Wildman–Crippen MR) is 186 cm³/mol. The van der Waals surface area contributed by atoms with E-state index in [1.165, 1.54) is 40.3 Å². The number of benzene rings is 2. The van der Waals surface area contributed by atoms with Gasteiger partial charge in [0.1, 0.15) is 17.6 Å². The summed E-state index contributed by atoms with van der Waals surface area (Å²) in [4.78, 5) is 61.6. The molecule has 1 heterocycles. The number of amides is 4. The van der Waals surface area contributed by atoms with Crippen molar-refractivity contribution in [3.63, 3.8) is 0 Å². The van der Waals surface area contributed by atoms with Crippen LogP contribution in [0.2, 0.25) is 0 Å². The Morgan fingerprint density at radius 3 is 2.24 bits per heavy atom. The summed E-state index contributed by atoms with van der Waals surface area (Å²) in [6, 6.07) is 13.5. The molecule has 0 saturated carbocycles. The summed E-state index contributed by atoms with van der Waals surface area (Å²) in [6.45, 7) is -0.378. The minimum Gasteiger partial charge on any atom is -0.493 e. The molecular weight excluding hydrogens is 650 g/mol. The number of rotatable bonds is 22. The number of aromatic nitrogens is 1. The number of methoxy groups -OCH3 is 2. The third kappa shape index (κ3) is 12.8. The maximum Gasteiger partial charge on any atom is 0.242 e. The average Bonchev–Trinajstić information content (AvgIpc) is 3.63. The Balaban J connectivity index is 1.88. The Morgan fingerprint density at radius 2 is 1.61 bits per heavy atom. The zero-order chi connectivity index (χ0) is 35.6. The highest BCUT2D eigenvalue weighted by Crippen LogP contribution is 2.27. The third-order valence-electron chi connectivity index (χ3n) is 7.70. The molecule has 1 aromatic heterocycles. The molecule has 0 aliphatic rings. The zero-order valence-corrected chi connectivity index (χ0v) is 28.9. The topological polar surface area (TPSA) is 194 Å². The van der Waals surface area contributed by atoms with Crippen LogP contribution in [0.3, 0.4) is 0 Å². The van der Waals surface area contributed by atoms with Crippen LogP contribution in [0.25, 0.3) is 0 Å². The number of thiazole rings is 1. The molecule has 0 fully saturated rings. The molecule has 0 radical (unpaired) electrons. The number of hydrogen-bond acceptors (Lipinski definition) is 11. The van der Waals surface area contributed by atoms with Gasteiger partial charge >= 0.3 is 0 Å². The lowest BCUT2D eigenvalue weighted by atomic mass is 10.1. The lowest BCUT2D eigenvalue weighted by Gasteiger charge is -2.31. The number of ether oxygens (including phenoxy) is 2. The lowest BCUT2D eigenvalue weighted by molar-refractivity contribution is -0.146. The summed E-state index contributed by atoms with van der Waals surface area (Å²) in [5.74, 6) is -1.04. The molecule has 0 aliphatic heterocycles. The Morgan fingerprint density at radius 1 is 0.898 bits per heavy atom. The molecule has 0 saturated heterocycles. The fourth-order valence-electron chi connectivity index (χ4n) is 5.06. The van der Waals surface area contributed by atoms with E-state index in [2.05, 4.69) is 10.3 Å². The predicted octanol–water partition coefficient (Wildman–Crippen LogP) is 0.764. The monoisotopic (exact) mass is 697 g/mol. The molecular formula is C34H47N7O7S. The summed E-state index contributed by atoms with van der Waals surface area (Å²) in [5.41, 5.74) is 12.7. The number of aliphatic hydroxyl groups is 1. The first-order chi connectivity index (χ1) is 23.7. The average molecular weight is 698 g/mol. The molecule has 2 aromatic carbocycles. The van der Waals surface area contributed by atoms with Gasteiger partial charge in [-0.3, -0.25) is 24.5 Å². The van der Waals surface area contributed by atoms with Crippen molar-refractivity contribution >= 4 is 35.0 Å². The van der Waals surface area contributed by atoms with Gasteiger partial charge < -0.3 is 40.7 Å². The Labute approximate surface area is 291 Å². The van der Waals surface area contributed by atoms with E-state index in [9.17, 15) is 24.3 Å². The summed E-state index contributed by atoms with van der Waals surface area (Å²) < 4.78 is 10.8. The van der Waals surface area contributed by atoms with Crippen LogP contribution in [-0.4, -0.2) is 115 Å². The van der Waals surface area contributed by atoms with Crippen LogP contribution >= 0.6 is 11.3 Å². The zero-order valence-electron chi connectivity index (χ0n) is 28.1. The number of unbranched alkanes of at least 4 members (excludes halogenated alkanes) is 1. The smallest absolute Gasteiger partial charge is 0.242 e. The van der Waals surface area contributed by atoms with E-state index < -0.39 is 36.3 Å². The number of aliphatic hydroxyl groups excluding tert-OH is 1. The first-order valence-electron chi connectivity index (χ1n) is 16.0. The second kappa shape index (κ2) is 20.7. The molecule has 6 N–H and O–H groups in total. The fourth-order valence-corrected chi connectivity index (χ4v) is 5.63. The normalized spacial score (nSPS) is 11.4. The maximum absolute atomic E-state index is 14.1. The number of carbonyl (C=O) groups is 4. The van der Waals surface area contributed by atoms with Crippen LogP contribution in [0.5, 0.6) is 11.5 Å². The molecule has 1 atom stereocenters. The quantitative estimate of drug-likeness (QED) is 0.109. The fraction of sp³-hybridized carbons (Fsp3) is 0.441. The van der Waals surface area contributed by atoms with E-state index in [1.807, 2.05) is 41.8 Å². The SMILES string of the molecule is COc1ccc(CCN(CC(=O)N(CC(=O)N(CCCCN)CC(N)=O)Cc2ccccc2)C(=O)[C@H](CO)NCc2nccs2)cc1OC. The van der Waals surface area contributed by atoms with Crippen molar-refractivity contribution in [3.8, 4) is 11.5 Å². The van der Waals surface area contributed by atoms with Gasteiger partial charge in [-0.1, -0.05) is 36.4 Å². The maximum atomic E-state index is 14.1. The van der Waals surface area contributed by atoms with Crippen LogP contribution < -0.4 is 26.3 Å². The van der Waals surface area contributed by atoms with Crippen molar-refractivity contribution in [2.75, 3.05) is 60.1 Å². The molecule has 266 valence electrons. The van der Waals surface area contributed by atoms with E-state index in [0.717, 1.165) is 16.1 Å². The van der Waals surface area contributed by atoms with Gasteiger partial charge in [-0.15, -0.1) is 11.3 Å². The minimum atomic E-state index is -1.01. The Hall–Kier alpha value is -4.57. The molecule has 0 bridgehead atoms. The Kier molecular flexibility index (Phi) is 16.4. The standard InChI is InChI=1S/C34H47N7O7S/c1-47-28-11-10-25(18-29(28)48-2)12-16-40(34(46)27(24-42)38-19-31-37-14-17-49-31)22-33(45)41(20-26-8-4-3-5-9-26)23-32(44)39(21-30(36)43)15-7-6-13-35/h3-5,8-11,14,17-18,27,38,42H,6-7,12-13,15-16,19-24,35H2,1-2H3,(H2,36,43)/t27-/m0/s1. The van der Waals surface area contributed by atoms with Crippen LogP contribution in [0.4, 0.5) is 0 Å². The number of primary amides is 1. The minimum absolute atomic E-state index is 0.0854. The van der Waals surface area contributed by atoms with Crippen molar-refractivity contribution in [2.45, 2.75) is 38.4 Å². The van der Waals surface area contributed by atoms with Crippen LogP contribution in [0.1, 0.15) is 29.0 Å². The highest BCUT2D eigenvalue weighted by Gasteiger charge is 2.29. The van der Waals surface area contributed by atoms with Crippen molar-refractivity contribution in [1.82, 2.24) is 25.0 Å². The number of carbonyl (C=O) groups excluding carboxylic acids is 4. The number of nitrogens with zero attached hydrogens (tertiary/aromatic N) is 4. The second-order valence-corrected chi connectivity index (χ2v) is 12.2. The van der Waals surface area contributed by atoms with Gasteiger partial charge in [0.15, 0.2) is 11.5 Å². The van der Waals surface area contributed by atoms with Gasteiger partial charge in [-0.2, -0.15) is 0 Å². The molecule has 4 amide bonds. The molecule has 3 rings (SSSR count). The van der Waals surface area contributed by atoms with Gasteiger partial charge in [0.2, 0.25) is 23.6 Å². The van der Waals surface area contributed by atoms with Crippen LogP contribution in [0, 0.1) is 0 Å². The van der Waals surface area contributed by atoms with Gasteiger partial charge in [-0.05, 0) is 49.1 Å². The number of nitrogens with one attached hydrogen (secondary N) is 1. The molecule has 0 spiro atoms. The molecule has 0 aliphatic carbocycles.